The first kappa shape index (κ1) is 27.0. The fraction of sp³-hybridized carbons (Fsp3) is 0.567. The van der Waals surface area contributed by atoms with Crippen molar-refractivity contribution in [2.75, 3.05) is 0 Å². The molecule has 0 fully saturated rings. The molecule has 3 heteroatoms. The number of fused-ring (bicyclic) bond motifs is 1. The molecule has 1 aromatic rings. The number of hydrogen-bond acceptors (Lipinski definition) is 3. The normalized spacial score (nSPS) is 18.8. The maximum Gasteiger partial charge on any atom is 0.155 e. The molecule has 2 rings (SSSR count). The zero-order chi connectivity index (χ0) is 24.9. The van der Waals surface area contributed by atoms with E-state index in [2.05, 4.69) is 44.2 Å². The average Bonchev–Trinajstić information content (AvgIpc) is 3.07. The highest BCUT2D eigenvalue weighted by atomic mass is 16.1. The second-order valence-electron chi connectivity index (χ2n) is 10.9. The van der Waals surface area contributed by atoms with Crippen LogP contribution in [0.3, 0.4) is 0 Å². The Morgan fingerprint density at radius 2 is 1.73 bits per heavy atom. The molecule has 0 aromatic heterocycles. The molecule has 3 nitrogen and oxygen atoms in total. The standard InChI is InChI=1S/C30H42O3/c1-9-23(17-24-16-21(4)25-12-10-11-13-26(24)25)28(32)18-27(30(6,7)8)29(33)20(3)15-14-19(2)22(5)31/h10-14,16,20-21,23,27H,9,15,17-18H2,1-8H3/b19-14+. The highest BCUT2D eigenvalue weighted by Crippen LogP contribution is 2.40. The van der Waals surface area contributed by atoms with Gasteiger partial charge in [-0.25, -0.2) is 0 Å². The lowest BCUT2D eigenvalue weighted by Gasteiger charge is -2.32. The topological polar surface area (TPSA) is 51.2 Å². The summed E-state index contributed by atoms with van der Waals surface area (Å²) in [6.07, 6.45) is 6.46. The average molecular weight is 451 g/mol. The molecule has 180 valence electrons. The van der Waals surface area contributed by atoms with E-state index in [0.29, 0.717) is 17.9 Å². The van der Waals surface area contributed by atoms with E-state index >= 15 is 0 Å². The summed E-state index contributed by atoms with van der Waals surface area (Å²) >= 11 is 0. The zero-order valence-electron chi connectivity index (χ0n) is 21.8. The van der Waals surface area contributed by atoms with Gasteiger partial charge in [0.05, 0.1) is 0 Å². The molecule has 33 heavy (non-hydrogen) atoms. The molecule has 1 aliphatic rings. The summed E-state index contributed by atoms with van der Waals surface area (Å²) in [5, 5.41) is 0. The van der Waals surface area contributed by atoms with Gasteiger partial charge in [-0.3, -0.25) is 14.4 Å². The third kappa shape index (κ3) is 6.85. The lowest BCUT2D eigenvalue weighted by molar-refractivity contribution is -0.135. The summed E-state index contributed by atoms with van der Waals surface area (Å²) in [6.45, 7) is 15.6. The Morgan fingerprint density at radius 1 is 1.09 bits per heavy atom. The molecular weight excluding hydrogens is 408 g/mol. The molecule has 0 saturated heterocycles. The van der Waals surface area contributed by atoms with Crippen LogP contribution in [-0.4, -0.2) is 17.3 Å². The minimum atomic E-state index is -0.330. The Bertz CT molecular complexity index is 942. The minimum absolute atomic E-state index is 0.0279. The van der Waals surface area contributed by atoms with E-state index in [9.17, 15) is 14.4 Å². The molecule has 0 bridgehead atoms. The van der Waals surface area contributed by atoms with Crippen molar-refractivity contribution in [3.05, 3.63) is 53.1 Å². The van der Waals surface area contributed by atoms with Gasteiger partial charge in [0.1, 0.15) is 11.6 Å². The molecule has 0 saturated carbocycles. The van der Waals surface area contributed by atoms with E-state index in [1.54, 1.807) is 13.8 Å². The van der Waals surface area contributed by atoms with Gasteiger partial charge in [0, 0.05) is 30.1 Å². The number of carbonyl (C=O) groups excluding carboxylic acids is 3. The number of hydrogen-bond donors (Lipinski definition) is 0. The predicted octanol–water partition coefficient (Wildman–Crippen LogP) is 7.36. The Hall–Kier alpha value is -2.29. The number of Topliss-reactive ketones (excluding diaryl/α,β-unsaturated/α-hetero) is 3. The van der Waals surface area contributed by atoms with E-state index in [-0.39, 0.29) is 46.9 Å². The zero-order valence-corrected chi connectivity index (χ0v) is 21.8. The summed E-state index contributed by atoms with van der Waals surface area (Å²) in [7, 11) is 0. The molecule has 4 atom stereocenters. The van der Waals surface area contributed by atoms with Crippen LogP contribution in [0.25, 0.3) is 5.57 Å². The summed E-state index contributed by atoms with van der Waals surface area (Å²) < 4.78 is 0. The van der Waals surface area contributed by atoms with Crippen LogP contribution in [0, 0.1) is 23.2 Å². The summed E-state index contributed by atoms with van der Waals surface area (Å²) in [5.41, 5.74) is 4.24. The fourth-order valence-corrected chi connectivity index (χ4v) is 4.76. The Balaban J connectivity index is 2.15. The highest BCUT2D eigenvalue weighted by molar-refractivity contribution is 5.93. The largest absolute Gasteiger partial charge is 0.299 e. The first-order valence-corrected chi connectivity index (χ1v) is 12.4. The SMILES string of the molecule is CCC(CC1=CC(C)c2ccccc21)C(=O)CC(C(=O)C(C)C/C=C(\C)C(C)=O)C(C)(C)C. The van der Waals surface area contributed by atoms with Crippen molar-refractivity contribution >= 4 is 22.9 Å². The third-order valence-corrected chi connectivity index (χ3v) is 7.28. The molecule has 0 aliphatic heterocycles. The van der Waals surface area contributed by atoms with Crippen LogP contribution in [0.4, 0.5) is 0 Å². The lowest BCUT2D eigenvalue weighted by Crippen LogP contribution is -2.35. The van der Waals surface area contributed by atoms with Crippen molar-refractivity contribution in [3.63, 3.8) is 0 Å². The van der Waals surface area contributed by atoms with E-state index in [1.165, 1.54) is 16.7 Å². The molecule has 0 spiro atoms. The maximum atomic E-state index is 13.5. The monoisotopic (exact) mass is 450 g/mol. The lowest BCUT2D eigenvalue weighted by atomic mass is 9.70. The van der Waals surface area contributed by atoms with Crippen molar-refractivity contribution in [1.29, 1.82) is 0 Å². The quantitative estimate of drug-likeness (QED) is 0.331. The second-order valence-corrected chi connectivity index (χ2v) is 10.9. The van der Waals surface area contributed by atoms with Crippen molar-refractivity contribution in [2.45, 2.75) is 87.0 Å². The van der Waals surface area contributed by atoms with Gasteiger partial charge in [-0.05, 0) is 60.8 Å². The highest BCUT2D eigenvalue weighted by Gasteiger charge is 2.36. The van der Waals surface area contributed by atoms with Gasteiger partial charge in [-0.15, -0.1) is 0 Å². The van der Waals surface area contributed by atoms with Gasteiger partial charge in [0.25, 0.3) is 0 Å². The minimum Gasteiger partial charge on any atom is -0.299 e. The van der Waals surface area contributed by atoms with Crippen molar-refractivity contribution in [3.8, 4) is 0 Å². The fourth-order valence-electron chi connectivity index (χ4n) is 4.76. The van der Waals surface area contributed by atoms with Gasteiger partial charge in [0.2, 0.25) is 0 Å². The summed E-state index contributed by atoms with van der Waals surface area (Å²) in [6, 6.07) is 8.46. The van der Waals surface area contributed by atoms with E-state index in [1.807, 2.05) is 33.8 Å². The predicted molar refractivity (Wildman–Crippen MR) is 137 cm³/mol. The number of carbonyl (C=O) groups is 3. The van der Waals surface area contributed by atoms with Crippen molar-refractivity contribution < 1.29 is 14.4 Å². The van der Waals surface area contributed by atoms with Crippen molar-refractivity contribution in [2.24, 2.45) is 23.2 Å². The van der Waals surface area contributed by atoms with E-state index in [4.69, 9.17) is 0 Å². The van der Waals surface area contributed by atoms with Gasteiger partial charge in [0.15, 0.2) is 5.78 Å². The van der Waals surface area contributed by atoms with Gasteiger partial charge < -0.3 is 0 Å². The smallest absolute Gasteiger partial charge is 0.155 e. The van der Waals surface area contributed by atoms with E-state index in [0.717, 1.165) is 12.8 Å². The van der Waals surface area contributed by atoms with Crippen LogP contribution >= 0.6 is 0 Å². The Morgan fingerprint density at radius 3 is 2.30 bits per heavy atom. The number of allylic oxidation sites excluding steroid dienone is 4. The van der Waals surface area contributed by atoms with E-state index < -0.39 is 0 Å². The molecule has 4 unspecified atom stereocenters. The number of ketones is 3. The second kappa shape index (κ2) is 11.2. The van der Waals surface area contributed by atoms with Crippen LogP contribution < -0.4 is 0 Å². The maximum absolute atomic E-state index is 13.5. The van der Waals surface area contributed by atoms with Gasteiger partial charge >= 0.3 is 0 Å². The molecule has 1 aromatic carbocycles. The van der Waals surface area contributed by atoms with Crippen LogP contribution in [-0.2, 0) is 14.4 Å². The first-order valence-electron chi connectivity index (χ1n) is 12.4. The van der Waals surface area contributed by atoms with Crippen LogP contribution in [0.2, 0.25) is 0 Å². The number of benzene rings is 1. The van der Waals surface area contributed by atoms with Gasteiger partial charge in [-0.1, -0.05) is 78.0 Å². The molecule has 0 N–H and O–H groups in total. The molecule has 1 aliphatic carbocycles. The molecule has 0 radical (unpaired) electrons. The van der Waals surface area contributed by atoms with Crippen molar-refractivity contribution in [1.82, 2.24) is 0 Å². The van der Waals surface area contributed by atoms with Crippen LogP contribution in [0.1, 0.15) is 98.1 Å². The van der Waals surface area contributed by atoms with Gasteiger partial charge in [-0.2, -0.15) is 0 Å². The molecular formula is C30H42O3. The molecule has 0 amide bonds. The third-order valence-electron chi connectivity index (χ3n) is 7.28. The molecule has 0 heterocycles. The van der Waals surface area contributed by atoms with Crippen LogP contribution in [0.5, 0.6) is 0 Å². The Labute approximate surface area is 200 Å². The van der Waals surface area contributed by atoms with Crippen LogP contribution in [0.15, 0.2) is 42.0 Å². The number of rotatable bonds is 11. The summed E-state index contributed by atoms with van der Waals surface area (Å²) in [4.78, 5) is 38.4. The Kier molecular flexibility index (Phi) is 9.17. The summed E-state index contributed by atoms with van der Waals surface area (Å²) in [5.74, 6) is 0.0804. The first-order chi connectivity index (χ1) is 15.4.